The Hall–Kier alpha value is -2.35. The first-order valence-electron chi connectivity index (χ1n) is 7.20. The average Bonchev–Trinajstić information content (AvgIpc) is 2.99. The normalized spacial score (nSPS) is 31.2. The third-order valence-electron chi connectivity index (χ3n) is 4.40. The summed E-state index contributed by atoms with van der Waals surface area (Å²) in [6.45, 7) is 1.55. The zero-order chi connectivity index (χ0) is 17.7. The van der Waals surface area contributed by atoms with E-state index in [0.717, 1.165) is 12.1 Å². The van der Waals surface area contributed by atoms with Gasteiger partial charge < -0.3 is 15.2 Å². The number of halogens is 3. The van der Waals surface area contributed by atoms with Crippen LogP contribution in [0.4, 0.5) is 18.9 Å². The lowest BCUT2D eigenvalue weighted by atomic mass is 9.75. The van der Waals surface area contributed by atoms with E-state index >= 15 is 0 Å². The van der Waals surface area contributed by atoms with Gasteiger partial charge in [-0.05, 0) is 19.1 Å². The van der Waals surface area contributed by atoms with Crippen LogP contribution in [0.25, 0.3) is 0 Å². The molecule has 1 fully saturated rings. The number of anilines is 1. The number of hydrogen-bond acceptors (Lipinski definition) is 3. The molecular formula is C16H14F3NO4. The molecule has 4 atom stereocenters. The minimum Gasteiger partial charge on any atom is -0.481 e. The summed E-state index contributed by atoms with van der Waals surface area (Å²) in [6.07, 6.45) is -2.25. The number of para-hydroxylation sites is 1. The summed E-state index contributed by atoms with van der Waals surface area (Å²) in [6, 6.07) is 4.55. The van der Waals surface area contributed by atoms with Gasteiger partial charge in [0.25, 0.3) is 0 Å². The van der Waals surface area contributed by atoms with E-state index in [1.54, 1.807) is 19.1 Å². The van der Waals surface area contributed by atoms with Crippen molar-refractivity contribution in [2.75, 3.05) is 5.32 Å². The quantitative estimate of drug-likeness (QED) is 0.829. The largest absolute Gasteiger partial charge is 0.481 e. The van der Waals surface area contributed by atoms with Crippen molar-refractivity contribution in [3.05, 3.63) is 42.0 Å². The van der Waals surface area contributed by atoms with E-state index in [2.05, 4.69) is 5.32 Å². The van der Waals surface area contributed by atoms with Crippen LogP contribution in [-0.2, 0) is 20.5 Å². The van der Waals surface area contributed by atoms with Crippen molar-refractivity contribution in [2.24, 2.45) is 11.8 Å². The summed E-state index contributed by atoms with van der Waals surface area (Å²) in [4.78, 5) is 24.0. The molecule has 1 amide bonds. The fraction of sp³-hybridized carbons (Fsp3) is 0.375. The number of carbonyl (C=O) groups excluding carboxylic acids is 1. The second-order valence-electron chi connectivity index (χ2n) is 6.00. The number of alkyl halides is 3. The van der Waals surface area contributed by atoms with Crippen molar-refractivity contribution in [2.45, 2.75) is 24.8 Å². The van der Waals surface area contributed by atoms with E-state index in [0.29, 0.717) is 0 Å². The van der Waals surface area contributed by atoms with Crippen LogP contribution in [0.15, 0.2) is 36.4 Å². The Morgan fingerprint density at radius 2 is 1.96 bits per heavy atom. The molecule has 2 N–H and O–H groups in total. The molecule has 128 valence electrons. The minimum atomic E-state index is -4.63. The van der Waals surface area contributed by atoms with Crippen molar-refractivity contribution >= 4 is 17.6 Å². The zero-order valence-electron chi connectivity index (χ0n) is 12.5. The second kappa shape index (κ2) is 5.34. The maximum absolute atomic E-state index is 13.0. The summed E-state index contributed by atoms with van der Waals surface area (Å²) in [5.74, 6) is -4.30. The Bertz CT molecular complexity index is 730. The van der Waals surface area contributed by atoms with Crippen LogP contribution in [0.5, 0.6) is 0 Å². The standard InChI is InChI=1S/C16H14F3NO4/c1-15-7-6-10(24-15)11(14(22)23)12(15)13(21)20-9-5-3-2-4-8(9)16(17,18)19/h2-7,10-12H,1H3,(H,20,21)(H,22,23)/t10-,11+,12-,15+/m1/s1. The van der Waals surface area contributed by atoms with Gasteiger partial charge in [0.15, 0.2) is 0 Å². The lowest BCUT2D eigenvalue weighted by Crippen LogP contribution is -2.44. The van der Waals surface area contributed by atoms with Crippen LogP contribution in [0, 0.1) is 11.8 Å². The average molecular weight is 341 g/mol. The molecule has 0 radical (unpaired) electrons. The number of hydrogen-bond donors (Lipinski definition) is 2. The molecule has 2 aliphatic rings. The summed E-state index contributed by atoms with van der Waals surface area (Å²) in [5.41, 5.74) is -2.55. The Balaban J connectivity index is 1.91. The first-order chi connectivity index (χ1) is 11.1. The fourth-order valence-corrected chi connectivity index (χ4v) is 3.33. The van der Waals surface area contributed by atoms with Gasteiger partial charge in [-0.1, -0.05) is 24.3 Å². The number of aliphatic carboxylic acids is 1. The Morgan fingerprint density at radius 3 is 2.58 bits per heavy atom. The molecule has 1 aromatic carbocycles. The molecule has 0 unspecified atom stereocenters. The second-order valence-corrected chi connectivity index (χ2v) is 6.00. The number of carboxylic acid groups (broad SMARTS) is 1. The van der Waals surface area contributed by atoms with E-state index in [9.17, 15) is 27.9 Å². The highest BCUT2D eigenvalue weighted by Gasteiger charge is 2.59. The third-order valence-corrected chi connectivity index (χ3v) is 4.40. The Kier molecular flexibility index (Phi) is 3.67. The van der Waals surface area contributed by atoms with Crippen molar-refractivity contribution in [3.8, 4) is 0 Å². The van der Waals surface area contributed by atoms with Crippen molar-refractivity contribution < 1.29 is 32.6 Å². The highest BCUT2D eigenvalue weighted by molar-refractivity contribution is 5.97. The minimum absolute atomic E-state index is 0.408. The topological polar surface area (TPSA) is 75.6 Å². The highest BCUT2D eigenvalue weighted by atomic mass is 19.4. The van der Waals surface area contributed by atoms with Crippen LogP contribution < -0.4 is 5.32 Å². The maximum Gasteiger partial charge on any atom is 0.418 e. The number of ether oxygens (including phenoxy) is 1. The van der Waals surface area contributed by atoms with Crippen molar-refractivity contribution in [1.29, 1.82) is 0 Å². The van der Waals surface area contributed by atoms with Gasteiger partial charge in [0.2, 0.25) is 5.91 Å². The molecule has 3 rings (SSSR count). The number of fused-ring (bicyclic) bond motifs is 2. The first kappa shape index (κ1) is 16.5. The predicted octanol–water partition coefficient (Wildman–Crippen LogP) is 2.69. The van der Waals surface area contributed by atoms with E-state index < -0.39 is 52.8 Å². The molecule has 0 spiro atoms. The van der Waals surface area contributed by atoms with Gasteiger partial charge in [0.1, 0.15) is 5.92 Å². The molecule has 2 bridgehead atoms. The van der Waals surface area contributed by atoms with E-state index in [-0.39, 0.29) is 0 Å². The third kappa shape index (κ3) is 2.56. The van der Waals surface area contributed by atoms with Gasteiger partial charge in [0, 0.05) is 0 Å². The molecule has 0 aromatic heterocycles. The molecule has 2 aliphatic heterocycles. The number of amides is 1. The fourth-order valence-electron chi connectivity index (χ4n) is 3.33. The predicted molar refractivity (Wildman–Crippen MR) is 77.1 cm³/mol. The van der Waals surface area contributed by atoms with E-state index in [4.69, 9.17) is 4.74 Å². The molecular weight excluding hydrogens is 327 g/mol. The number of rotatable bonds is 3. The Morgan fingerprint density at radius 1 is 1.29 bits per heavy atom. The van der Waals surface area contributed by atoms with Gasteiger partial charge in [-0.2, -0.15) is 13.2 Å². The number of carboxylic acids is 1. The molecule has 8 heteroatoms. The van der Waals surface area contributed by atoms with Crippen LogP contribution in [-0.4, -0.2) is 28.7 Å². The van der Waals surface area contributed by atoms with Gasteiger partial charge in [-0.15, -0.1) is 0 Å². The van der Waals surface area contributed by atoms with Crippen LogP contribution in [0.1, 0.15) is 12.5 Å². The zero-order valence-corrected chi connectivity index (χ0v) is 12.5. The lowest BCUT2D eigenvalue weighted by molar-refractivity contribution is -0.146. The van der Waals surface area contributed by atoms with Crippen LogP contribution in [0.3, 0.4) is 0 Å². The highest BCUT2D eigenvalue weighted by Crippen LogP contribution is 2.47. The summed E-state index contributed by atoms with van der Waals surface area (Å²) < 4.78 is 44.6. The van der Waals surface area contributed by atoms with Gasteiger partial charge in [-0.3, -0.25) is 9.59 Å². The Labute approximate surface area is 135 Å². The molecule has 24 heavy (non-hydrogen) atoms. The molecule has 1 saturated heterocycles. The van der Waals surface area contributed by atoms with E-state index in [1.807, 2.05) is 0 Å². The number of carbonyl (C=O) groups is 2. The maximum atomic E-state index is 13.0. The number of benzene rings is 1. The molecule has 1 aromatic rings. The summed E-state index contributed by atoms with van der Waals surface area (Å²) >= 11 is 0. The van der Waals surface area contributed by atoms with Gasteiger partial charge in [-0.25, -0.2) is 0 Å². The SMILES string of the molecule is C[C@@]12C=C[C@@H](O1)[C@H](C(=O)O)[C@@H]2C(=O)Nc1ccccc1C(F)(F)F. The molecule has 0 aliphatic carbocycles. The van der Waals surface area contributed by atoms with Crippen molar-refractivity contribution in [1.82, 2.24) is 0 Å². The van der Waals surface area contributed by atoms with Crippen LogP contribution in [0.2, 0.25) is 0 Å². The number of nitrogens with one attached hydrogen (secondary N) is 1. The molecule has 0 saturated carbocycles. The summed E-state index contributed by atoms with van der Waals surface area (Å²) in [7, 11) is 0. The molecule has 2 heterocycles. The molecule has 5 nitrogen and oxygen atoms in total. The smallest absolute Gasteiger partial charge is 0.418 e. The lowest BCUT2D eigenvalue weighted by Gasteiger charge is -2.28. The monoisotopic (exact) mass is 341 g/mol. The van der Waals surface area contributed by atoms with Crippen LogP contribution >= 0.6 is 0 Å². The first-order valence-corrected chi connectivity index (χ1v) is 7.20. The van der Waals surface area contributed by atoms with E-state index in [1.165, 1.54) is 12.1 Å². The van der Waals surface area contributed by atoms with Gasteiger partial charge in [0.05, 0.1) is 28.9 Å². The van der Waals surface area contributed by atoms with Gasteiger partial charge >= 0.3 is 12.1 Å². The summed E-state index contributed by atoms with van der Waals surface area (Å²) in [5, 5.41) is 11.6. The van der Waals surface area contributed by atoms with Crippen molar-refractivity contribution in [3.63, 3.8) is 0 Å².